The lowest BCUT2D eigenvalue weighted by molar-refractivity contribution is 0.340. The molecule has 0 aliphatic rings. The van der Waals surface area contributed by atoms with Crippen LogP contribution in [-0.4, -0.2) is 33.1 Å². The smallest absolute Gasteiger partial charge is 0.154 e. The van der Waals surface area contributed by atoms with Gasteiger partial charge in [-0.2, -0.15) is 0 Å². The first-order valence-corrected chi connectivity index (χ1v) is 7.37. The lowest BCUT2D eigenvalue weighted by Gasteiger charge is -2.08. The average Bonchev–Trinajstić information content (AvgIpc) is 2.15. The Balaban J connectivity index is 2.51. The lowest BCUT2D eigenvalue weighted by Crippen LogP contribution is -2.22. The number of hydrogen-bond donors (Lipinski definition) is 1. The molecule has 0 aliphatic heterocycles. The number of sulfone groups is 1. The second kappa shape index (κ2) is 6.02. The fourth-order valence-corrected chi connectivity index (χ4v) is 2.48. The Kier molecular flexibility index (Phi) is 4.96. The van der Waals surface area contributed by atoms with E-state index in [-0.39, 0.29) is 24.7 Å². The molecule has 0 heterocycles. The molecular weight excluding hydrogens is 238 g/mol. The van der Waals surface area contributed by atoms with Crippen LogP contribution >= 0.6 is 0 Å². The van der Waals surface area contributed by atoms with Crippen molar-refractivity contribution in [3.05, 3.63) is 29.3 Å². The Bertz CT molecular complexity index is 448. The molecule has 0 radical (unpaired) electrons. The van der Waals surface area contributed by atoms with Gasteiger partial charge in [-0.1, -0.05) is 6.07 Å². The van der Waals surface area contributed by atoms with Gasteiger partial charge in [-0.3, -0.25) is 0 Å². The van der Waals surface area contributed by atoms with Crippen molar-refractivity contribution in [1.29, 1.82) is 0 Å². The van der Waals surface area contributed by atoms with Gasteiger partial charge in [-0.05, 0) is 37.1 Å². The van der Waals surface area contributed by atoms with Gasteiger partial charge < -0.3 is 10.5 Å². The summed E-state index contributed by atoms with van der Waals surface area (Å²) in [5, 5.41) is 0. The molecule has 0 saturated carbocycles. The summed E-state index contributed by atoms with van der Waals surface area (Å²) in [5.74, 6) is 0.742. The molecule has 0 unspecified atom stereocenters. The van der Waals surface area contributed by atoms with E-state index >= 15 is 0 Å². The Morgan fingerprint density at radius 2 is 1.71 bits per heavy atom. The lowest BCUT2D eigenvalue weighted by atomic mass is 10.1. The first-order chi connectivity index (χ1) is 7.93. The highest BCUT2D eigenvalue weighted by molar-refractivity contribution is 7.91. The molecule has 17 heavy (non-hydrogen) atoms. The van der Waals surface area contributed by atoms with Crippen molar-refractivity contribution in [2.24, 2.45) is 5.73 Å². The Morgan fingerprint density at radius 3 is 2.24 bits per heavy atom. The molecule has 5 heteroatoms. The van der Waals surface area contributed by atoms with Gasteiger partial charge in [0.2, 0.25) is 0 Å². The molecule has 0 bridgehead atoms. The fourth-order valence-electron chi connectivity index (χ4n) is 1.58. The minimum atomic E-state index is -3.07. The van der Waals surface area contributed by atoms with Crippen molar-refractivity contribution in [3.63, 3.8) is 0 Å². The van der Waals surface area contributed by atoms with E-state index < -0.39 is 9.84 Å². The summed E-state index contributed by atoms with van der Waals surface area (Å²) in [5.41, 5.74) is 7.42. The summed E-state index contributed by atoms with van der Waals surface area (Å²) in [4.78, 5) is 0. The fraction of sp³-hybridized carbons (Fsp3) is 0.500. The third-order valence-electron chi connectivity index (χ3n) is 2.29. The average molecular weight is 257 g/mol. The summed E-state index contributed by atoms with van der Waals surface area (Å²) >= 11 is 0. The van der Waals surface area contributed by atoms with Crippen molar-refractivity contribution in [3.8, 4) is 5.75 Å². The third-order valence-corrected chi connectivity index (χ3v) is 3.93. The largest absolute Gasteiger partial charge is 0.493 e. The molecule has 0 spiro atoms. The van der Waals surface area contributed by atoms with Crippen LogP contribution < -0.4 is 10.5 Å². The number of hydrogen-bond acceptors (Lipinski definition) is 4. The standard InChI is InChI=1S/C12H19NO3S/c1-10-7-11(2)9-12(8-10)16-4-6-17(14,15)5-3-13/h7-9H,3-6,13H2,1-2H3. The quantitative estimate of drug-likeness (QED) is 0.827. The van der Waals surface area contributed by atoms with Gasteiger partial charge in [0.25, 0.3) is 0 Å². The summed E-state index contributed by atoms with van der Waals surface area (Å²) in [6.45, 7) is 4.28. The van der Waals surface area contributed by atoms with Crippen molar-refractivity contribution >= 4 is 9.84 Å². The van der Waals surface area contributed by atoms with Crippen LogP contribution in [0.2, 0.25) is 0 Å². The predicted molar refractivity (Wildman–Crippen MR) is 69.1 cm³/mol. The highest BCUT2D eigenvalue weighted by Gasteiger charge is 2.09. The van der Waals surface area contributed by atoms with E-state index in [4.69, 9.17) is 10.5 Å². The number of aryl methyl sites for hydroxylation is 2. The second-order valence-electron chi connectivity index (χ2n) is 4.11. The van der Waals surface area contributed by atoms with E-state index in [2.05, 4.69) is 0 Å². The minimum absolute atomic E-state index is 0.0111. The molecule has 96 valence electrons. The molecule has 0 fully saturated rings. The van der Waals surface area contributed by atoms with Crippen LogP contribution in [0.4, 0.5) is 0 Å². The molecule has 0 amide bonds. The summed E-state index contributed by atoms with van der Waals surface area (Å²) in [6.07, 6.45) is 0. The zero-order chi connectivity index (χ0) is 12.9. The van der Waals surface area contributed by atoms with Crippen molar-refractivity contribution in [2.45, 2.75) is 13.8 Å². The third kappa shape index (κ3) is 5.19. The van der Waals surface area contributed by atoms with Crippen molar-refractivity contribution < 1.29 is 13.2 Å². The molecule has 0 aromatic heterocycles. The van der Waals surface area contributed by atoms with Gasteiger partial charge in [0.05, 0.1) is 11.5 Å². The number of nitrogens with two attached hydrogens (primary N) is 1. The highest BCUT2D eigenvalue weighted by atomic mass is 32.2. The Morgan fingerprint density at radius 1 is 1.12 bits per heavy atom. The monoisotopic (exact) mass is 257 g/mol. The zero-order valence-electron chi connectivity index (χ0n) is 10.3. The first-order valence-electron chi connectivity index (χ1n) is 5.54. The van der Waals surface area contributed by atoms with Gasteiger partial charge in [0.15, 0.2) is 9.84 Å². The highest BCUT2D eigenvalue weighted by Crippen LogP contribution is 2.16. The van der Waals surface area contributed by atoms with Gasteiger partial charge in [-0.25, -0.2) is 8.42 Å². The van der Waals surface area contributed by atoms with Gasteiger partial charge in [0.1, 0.15) is 12.4 Å². The van der Waals surface area contributed by atoms with E-state index in [1.165, 1.54) is 0 Å². The maximum Gasteiger partial charge on any atom is 0.154 e. The minimum Gasteiger partial charge on any atom is -0.493 e. The van der Waals surface area contributed by atoms with E-state index in [1.54, 1.807) is 0 Å². The Labute approximate surface area is 103 Å². The SMILES string of the molecule is Cc1cc(C)cc(OCCS(=O)(=O)CCN)c1. The number of rotatable bonds is 6. The number of ether oxygens (including phenoxy) is 1. The Hall–Kier alpha value is -1.07. The maximum absolute atomic E-state index is 11.4. The van der Waals surface area contributed by atoms with E-state index in [0.717, 1.165) is 11.1 Å². The molecule has 4 nitrogen and oxygen atoms in total. The zero-order valence-corrected chi connectivity index (χ0v) is 11.1. The molecule has 1 rings (SSSR count). The van der Waals surface area contributed by atoms with Gasteiger partial charge in [0, 0.05) is 6.54 Å². The van der Waals surface area contributed by atoms with Crippen LogP contribution in [0.15, 0.2) is 18.2 Å². The van der Waals surface area contributed by atoms with Gasteiger partial charge in [-0.15, -0.1) is 0 Å². The maximum atomic E-state index is 11.4. The van der Waals surface area contributed by atoms with Crippen molar-refractivity contribution in [2.75, 3.05) is 24.7 Å². The van der Waals surface area contributed by atoms with Crippen LogP contribution in [0.25, 0.3) is 0 Å². The molecule has 1 aromatic carbocycles. The van der Waals surface area contributed by atoms with Gasteiger partial charge >= 0.3 is 0 Å². The summed E-state index contributed by atoms with van der Waals surface area (Å²) in [7, 11) is -3.07. The molecule has 0 saturated heterocycles. The molecule has 0 atom stereocenters. The van der Waals surface area contributed by atoms with Crippen LogP contribution in [0, 0.1) is 13.8 Å². The van der Waals surface area contributed by atoms with E-state index in [9.17, 15) is 8.42 Å². The second-order valence-corrected chi connectivity index (χ2v) is 6.42. The molecule has 0 aliphatic carbocycles. The van der Waals surface area contributed by atoms with E-state index in [0.29, 0.717) is 5.75 Å². The first kappa shape index (κ1) is 14.0. The molecular formula is C12H19NO3S. The normalized spacial score (nSPS) is 11.5. The van der Waals surface area contributed by atoms with Crippen LogP contribution in [0.3, 0.4) is 0 Å². The molecule has 2 N–H and O–H groups in total. The van der Waals surface area contributed by atoms with Crippen LogP contribution in [-0.2, 0) is 9.84 Å². The summed E-state index contributed by atoms with van der Waals surface area (Å²) < 4.78 is 28.2. The van der Waals surface area contributed by atoms with E-state index in [1.807, 2.05) is 32.0 Å². The van der Waals surface area contributed by atoms with Crippen molar-refractivity contribution in [1.82, 2.24) is 0 Å². The summed E-state index contributed by atoms with van der Waals surface area (Å²) in [6, 6.07) is 5.82. The van der Waals surface area contributed by atoms with Crippen LogP contribution in [0.1, 0.15) is 11.1 Å². The number of benzene rings is 1. The molecule has 1 aromatic rings. The topological polar surface area (TPSA) is 69.4 Å². The predicted octanol–water partition coefficient (Wildman–Crippen LogP) is 1.06. The van der Waals surface area contributed by atoms with Crippen LogP contribution in [0.5, 0.6) is 5.75 Å².